The van der Waals surface area contributed by atoms with E-state index in [0.717, 1.165) is 28.0 Å². The van der Waals surface area contributed by atoms with Crippen molar-refractivity contribution in [1.82, 2.24) is 15.2 Å². The average molecular weight is 620 g/mol. The van der Waals surface area contributed by atoms with Gasteiger partial charge in [-0.25, -0.2) is 18.2 Å². The van der Waals surface area contributed by atoms with Gasteiger partial charge < -0.3 is 30.8 Å². The molecule has 1 fully saturated rings. The monoisotopic (exact) mass is 619 g/mol. The number of amides is 2. The summed E-state index contributed by atoms with van der Waals surface area (Å²) in [4.78, 5) is 55.9. The summed E-state index contributed by atoms with van der Waals surface area (Å²) in [5.74, 6) is -4.34. The molecule has 18 heteroatoms. The minimum absolute atomic E-state index is 0.00501. The first-order valence-electron chi connectivity index (χ1n) is 11.8. The second-order valence-electron chi connectivity index (χ2n) is 9.73. The van der Waals surface area contributed by atoms with Gasteiger partial charge in [0.05, 0.1) is 16.9 Å². The molecule has 3 heterocycles. The van der Waals surface area contributed by atoms with Crippen LogP contribution in [0.15, 0.2) is 21.8 Å². The number of nitrogens with two attached hydrogens (primary N) is 1. The van der Waals surface area contributed by atoms with E-state index in [1.54, 1.807) is 20.8 Å². The van der Waals surface area contributed by atoms with E-state index in [0.29, 0.717) is 0 Å². The molecule has 0 bridgehead atoms. The summed E-state index contributed by atoms with van der Waals surface area (Å²) in [5, 5.41) is 24.4. The number of aromatic nitrogens is 1. The Morgan fingerprint density at radius 2 is 2.00 bits per heavy atom. The van der Waals surface area contributed by atoms with Gasteiger partial charge in [-0.2, -0.15) is 0 Å². The van der Waals surface area contributed by atoms with E-state index in [1.165, 1.54) is 5.38 Å². The van der Waals surface area contributed by atoms with Crippen LogP contribution in [0, 0.1) is 5.41 Å². The van der Waals surface area contributed by atoms with Gasteiger partial charge in [-0.05, 0) is 32.8 Å². The second-order valence-corrected chi connectivity index (χ2v) is 13.9. The lowest BCUT2D eigenvalue weighted by atomic mass is 9.98. The normalized spacial score (nSPS) is 19.6. The van der Waals surface area contributed by atoms with Crippen molar-refractivity contribution in [3.63, 3.8) is 0 Å². The Balaban J connectivity index is 1.82. The van der Waals surface area contributed by atoms with Crippen molar-refractivity contribution in [1.29, 1.82) is 0 Å². The molecule has 1 unspecified atom stereocenters. The Hall–Kier alpha value is -3.22. The van der Waals surface area contributed by atoms with Crippen LogP contribution in [0.2, 0.25) is 0 Å². The molecule has 15 nitrogen and oxygen atoms in total. The number of sulfone groups is 1. The number of thioether (sulfide) groups is 1. The first-order chi connectivity index (χ1) is 18.7. The highest BCUT2D eigenvalue weighted by atomic mass is 32.2. The minimum Gasteiger partial charge on any atom is -0.427 e. The number of nitrogens with zero attached hydrogens (tertiary/aromatic N) is 3. The molecule has 2 aliphatic heterocycles. The molecule has 5 N–H and O–H groups in total. The summed E-state index contributed by atoms with van der Waals surface area (Å²) in [5.41, 5.74) is 3.96. The van der Waals surface area contributed by atoms with Gasteiger partial charge in [-0.1, -0.05) is 5.16 Å². The number of hydrogen-bond acceptors (Lipinski definition) is 15. The second kappa shape index (κ2) is 12.5. The number of β-lactam (4-membered cyclic amide) rings is 1. The number of aliphatic hydroxyl groups is 1. The molecule has 220 valence electrons. The van der Waals surface area contributed by atoms with Crippen LogP contribution in [0.3, 0.4) is 0 Å². The number of nitrogen functional groups attached to an aromatic ring is 1. The Bertz CT molecular complexity index is 1350. The van der Waals surface area contributed by atoms with Crippen molar-refractivity contribution in [2.24, 2.45) is 10.6 Å². The number of nitrogens with one attached hydrogen (secondary N) is 1. The van der Waals surface area contributed by atoms with Crippen LogP contribution < -0.4 is 11.1 Å². The highest BCUT2D eigenvalue weighted by Gasteiger charge is 2.55. The van der Waals surface area contributed by atoms with Crippen molar-refractivity contribution in [2.75, 3.05) is 36.4 Å². The molecule has 0 aliphatic carbocycles. The maximum Gasteiger partial charge on any atom is 0.357 e. The van der Waals surface area contributed by atoms with Gasteiger partial charge >= 0.3 is 11.9 Å². The third-order valence-electron chi connectivity index (χ3n) is 5.61. The Kier molecular flexibility index (Phi) is 9.81. The zero-order chi connectivity index (χ0) is 29.8. The Morgan fingerprint density at radius 1 is 1.30 bits per heavy atom. The van der Waals surface area contributed by atoms with Crippen LogP contribution in [0.4, 0.5) is 5.13 Å². The van der Waals surface area contributed by atoms with Crippen molar-refractivity contribution >= 4 is 67.5 Å². The molecule has 1 aromatic heterocycles. The fraction of sp³-hybridized carbons (Fsp3) is 0.545. The predicted molar refractivity (Wildman–Crippen MR) is 144 cm³/mol. The lowest BCUT2D eigenvalue weighted by Crippen LogP contribution is -2.71. The quantitative estimate of drug-likeness (QED) is 0.0609. The van der Waals surface area contributed by atoms with Crippen LogP contribution in [-0.4, -0.2) is 100 Å². The smallest absolute Gasteiger partial charge is 0.357 e. The standard InChI is InChI=1S/C22H29N5O10S3/c1-22(2,3)20(32)37-10-36-19(31)15-11(9-40(34,35)6-4-5-28)7-38-18-14(17(30)27(15)18)25-16(29)13(26-33)12-8-39-21(23)24-12/h8,14,18,28,33H,4-7,9-10H2,1-3H3,(H2,23,24)(H,25,29)/b26-13-/t14?,18-/m1/s1. The Labute approximate surface area is 237 Å². The van der Waals surface area contributed by atoms with Crippen molar-refractivity contribution in [3.05, 3.63) is 22.3 Å². The molecule has 1 aromatic rings. The van der Waals surface area contributed by atoms with E-state index in [1.807, 2.05) is 0 Å². The van der Waals surface area contributed by atoms with E-state index in [2.05, 4.69) is 15.5 Å². The number of hydrogen-bond donors (Lipinski definition) is 4. The highest BCUT2D eigenvalue weighted by Crippen LogP contribution is 2.41. The van der Waals surface area contributed by atoms with Gasteiger partial charge in [0.15, 0.2) is 20.7 Å². The zero-order valence-electron chi connectivity index (χ0n) is 21.8. The molecule has 0 saturated carbocycles. The van der Waals surface area contributed by atoms with E-state index in [9.17, 15) is 32.8 Å². The number of carbonyl (C=O) groups excluding carboxylic acids is 4. The lowest BCUT2D eigenvalue weighted by Gasteiger charge is -2.49. The molecule has 2 amide bonds. The van der Waals surface area contributed by atoms with Gasteiger partial charge in [0.1, 0.15) is 22.8 Å². The number of thiazole rings is 1. The number of ether oxygens (including phenoxy) is 2. The number of fused-ring (bicyclic) bond motifs is 1. The molecule has 2 aliphatic rings. The highest BCUT2D eigenvalue weighted by molar-refractivity contribution is 8.00. The molecule has 0 spiro atoms. The average Bonchev–Trinajstić information content (AvgIpc) is 3.30. The summed E-state index contributed by atoms with van der Waals surface area (Å²) in [6.07, 6.45) is -0.00987. The third kappa shape index (κ3) is 7.10. The van der Waals surface area contributed by atoms with Crippen LogP contribution in [0.25, 0.3) is 0 Å². The first-order valence-corrected chi connectivity index (χ1v) is 15.5. The van der Waals surface area contributed by atoms with Crippen molar-refractivity contribution < 1.29 is 47.4 Å². The maximum absolute atomic E-state index is 13.1. The Morgan fingerprint density at radius 3 is 2.58 bits per heavy atom. The summed E-state index contributed by atoms with van der Waals surface area (Å²) in [7, 11) is -3.76. The minimum atomic E-state index is -3.76. The number of esters is 2. The topological polar surface area (TPSA) is 228 Å². The molecule has 1 saturated heterocycles. The summed E-state index contributed by atoms with van der Waals surface area (Å²) in [6, 6.07) is -1.15. The van der Waals surface area contributed by atoms with Crippen LogP contribution in [-0.2, 0) is 38.5 Å². The van der Waals surface area contributed by atoms with Crippen molar-refractivity contribution in [3.8, 4) is 0 Å². The van der Waals surface area contributed by atoms with Gasteiger partial charge in [-0.3, -0.25) is 19.3 Å². The fourth-order valence-corrected chi connectivity index (χ4v) is 7.15. The van der Waals surface area contributed by atoms with Crippen LogP contribution >= 0.6 is 23.1 Å². The van der Waals surface area contributed by atoms with Gasteiger partial charge in [0.25, 0.3) is 11.8 Å². The molecular formula is C22H29N5O10S3. The molecule has 0 aromatic carbocycles. The van der Waals surface area contributed by atoms with E-state index in [-0.39, 0.29) is 46.6 Å². The van der Waals surface area contributed by atoms with E-state index in [4.69, 9.17) is 20.3 Å². The lowest BCUT2D eigenvalue weighted by molar-refractivity contribution is -0.173. The van der Waals surface area contributed by atoms with Crippen LogP contribution in [0.1, 0.15) is 32.9 Å². The SMILES string of the molecule is CC(C)(C)C(=O)OCOC(=O)C1=C(CS(=O)(=O)CCCO)CS[C@@H]2C(NC(=O)/C(=N\O)c3csc(N)n3)C(=O)N12. The predicted octanol–water partition coefficient (Wildman–Crippen LogP) is -0.555. The summed E-state index contributed by atoms with van der Waals surface area (Å²) >= 11 is 2.11. The number of anilines is 1. The van der Waals surface area contributed by atoms with E-state index < -0.39 is 68.7 Å². The van der Waals surface area contributed by atoms with Gasteiger partial charge in [0, 0.05) is 17.7 Å². The van der Waals surface area contributed by atoms with Crippen molar-refractivity contribution in [2.45, 2.75) is 38.6 Å². The largest absolute Gasteiger partial charge is 0.427 e. The zero-order valence-corrected chi connectivity index (χ0v) is 24.2. The van der Waals surface area contributed by atoms with Gasteiger partial charge in [-0.15, -0.1) is 23.1 Å². The molecular weight excluding hydrogens is 590 g/mol. The molecule has 40 heavy (non-hydrogen) atoms. The van der Waals surface area contributed by atoms with E-state index >= 15 is 0 Å². The molecule has 0 radical (unpaired) electrons. The number of rotatable bonds is 11. The number of carbonyl (C=O) groups is 4. The summed E-state index contributed by atoms with van der Waals surface area (Å²) in [6.45, 7) is 3.68. The first kappa shape index (κ1) is 31.3. The molecule has 2 atom stereocenters. The number of aliphatic hydroxyl groups excluding tert-OH is 1. The van der Waals surface area contributed by atoms with Gasteiger partial charge in [0.2, 0.25) is 6.79 Å². The van der Waals surface area contributed by atoms with Crippen LogP contribution in [0.5, 0.6) is 0 Å². The summed E-state index contributed by atoms with van der Waals surface area (Å²) < 4.78 is 35.2. The third-order valence-corrected chi connectivity index (χ3v) is 9.32. The fourth-order valence-electron chi connectivity index (χ4n) is 3.65. The number of oxime groups is 1. The maximum atomic E-state index is 13.1. The molecule has 3 rings (SSSR count).